The van der Waals surface area contributed by atoms with Crippen molar-refractivity contribution in [3.8, 4) is 28.7 Å². The van der Waals surface area contributed by atoms with Gasteiger partial charge in [0.15, 0.2) is 11.9 Å². The number of hydrogen-bond donors (Lipinski definition) is 3. The number of aliphatic hydroxyl groups is 1. The van der Waals surface area contributed by atoms with E-state index in [1.165, 1.54) is 4.90 Å². The van der Waals surface area contributed by atoms with E-state index in [2.05, 4.69) is 11.4 Å². The molecule has 0 radical (unpaired) electrons. The molecule has 14 heteroatoms. The van der Waals surface area contributed by atoms with Crippen molar-refractivity contribution < 1.29 is 43.6 Å². The van der Waals surface area contributed by atoms with Crippen LogP contribution in [-0.4, -0.2) is 63.2 Å². The fraction of sp³-hybridized carbons (Fsp3) is 0.286. The second-order valence-corrected chi connectivity index (χ2v) is 16.9. The van der Waals surface area contributed by atoms with Crippen molar-refractivity contribution in [1.82, 2.24) is 10.2 Å². The molecule has 3 N–H and O–H groups in total. The van der Waals surface area contributed by atoms with Gasteiger partial charge in [-0.25, -0.2) is 9.59 Å². The second kappa shape index (κ2) is 18.9. The fourth-order valence-electron chi connectivity index (χ4n) is 8.25. The lowest BCUT2D eigenvalue weighted by molar-refractivity contribution is -0.142. The molecular weight excluding hydrogens is 845 g/mol. The number of aliphatic hydroxyl groups excluding tert-OH is 1. The number of carboxylic acids is 1. The van der Waals surface area contributed by atoms with Crippen LogP contribution in [0.1, 0.15) is 70.7 Å². The number of nitrogens with zero attached hydrogens (tertiary/aromatic N) is 2. The van der Waals surface area contributed by atoms with E-state index in [9.17, 15) is 29.4 Å². The molecule has 12 nitrogen and oxygen atoms in total. The van der Waals surface area contributed by atoms with Crippen LogP contribution >= 0.6 is 23.2 Å². The third-order valence-corrected chi connectivity index (χ3v) is 12.5. The van der Waals surface area contributed by atoms with Gasteiger partial charge in [0.1, 0.15) is 36.3 Å². The number of Topliss-reactive ketones (excluding diaryl/α,β-unsaturated/α-hetero) is 1. The molecule has 1 saturated carbocycles. The summed E-state index contributed by atoms with van der Waals surface area (Å²) in [7, 11) is 0. The summed E-state index contributed by atoms with van der Waals surface area (Å²) in [5, 5.41) is 33.0. The zero-order chi connectivity index (χ0) is 44.2. The Kier molecular flexibility index (Phi) is 13.0. The van der Waals surface area contributed by atoms with Gasteiger partial charge in [0, 0.05) is 30.4 Å². The third kappa shape index (κ3) is 10.1. The van der Waals surface area contributed by atoms with E-state index in [0.717, 1.165) is 22.3 Å². The zero-order valence-electron chi connectivity index (χ0n) is 34.0. The highest BCUT2D eigenvalue weighted by atomic mass is 35.5. The summed E-state index contributed by atoms with van der Waals surface area (Å²) in [5.74, 6) is -0.994. The lowest BCUT2D eigenvalue weighted by Gasteiger charge is -2.38. The number of aliphatic carboxylic acids is 1. The number of carbonyl (C=O) groups is 4. The number of rotatable bonds is 11. The molecule has 5 aromatic carbocycles. The number of ether oxygens (including phenoxy) is 3. The van der Waals surface area contributed by atoms with E-state index < -0.39 is 48.4 Å². The number of hydrogen-bond acceptors (Lipinski definition) is 9. The predicted molar refractivity (Wildman–Crippen MR) is 233 cm³/mol. The number of fused-ring (bicyclic) bond motifs is 2. The number of amides is 2. The van der Waals surface area contributed by atoms with Crippen LogP contribution in [0.5, 0.6) is 11.5 Å². The maximum atomic E-state index is 14.2. The van der Waals surface area contributed by atoms with Crippen LogP contribution in [0, 0.1) is 11.3 Å². The van der Waals surface area contributed by atoms with E-state index in [-0.39, 0.29) is 38.2 Å². The Bertz CT molecular complexity index is 2570. The second-order valence-electron chi connectivity index (χ2n) is 16.1. The molecule has 0 spiro atoms. The molecule has 63 heavy (non-hydrogen) atoms. The molecule has 8 rings (SSSR count). The van der Waals surface area contributed by atoms with Crippen molar-refractivity contribution in [2.75, 3.05) is 0 Å². The minimum atomic E-state index is -1.31. The molecule has 1 aliphatic carbocycles. The smallest absolute Gasteiger partial charge is 0.411 e. The standard InChI is InChI=1S/C49H43Cl2N3O9/c50-40-18-5-30(19-41(40)51)27-61-38-14-10-33(11-15-38)46-44(56)23-35-21-34-22-43(54(26-36(34)24-45(35)63-46)49(60)62-39-16-12-37(55)13-17-39)47(57)53-42(48(58)59)20-28-1-6-31(7-2-28)32-8-3-29(25-52)4-9-32/h1-11,14-15,18-19,21,24,37,39,42-43,46,55H,12-13,16-17,20,22-23,26-27H2,(H,53,57)(H,58,59)/t37?,39?,42-,43-,46?/m0/s1. The van der Waals surface area contributed by atoms with Gasteiger partial charge in [-0.3, -0.25) is 14.5 Å². The van der Waals surface area contributed by atoms with Gasteiger partial charge < -0.3 is 29.7 Å². The summed E-state index contributed by atoms with van der Waals surface area (Å²) >= 11 is 12.2. The van der Waals surface area contributed by atoms with Crippen molar-refractivity contribution in [2.24, 2.45) is 0 Å². The molecule has 3 atom stereocenters. The summed E-state index contributed by atoms with van der Waals surface area (Å²) in [4.78, 5) is 55.6. The van der Waals surface area contributed by atoms with Gasteiger partial charge >= 0.3 is 12.1 Å². The first-order chi connectivity index (χ1) is 30.4. The van der Waals surface area contributed by atoms with Gasteiger partial charge in [-0.05, 0) is 102 Å². The van der Waals surface area contributed by atoms with Crippen molar-refractivity contribution in [1.29, 1.82) is 5.26 Å². The number of nitrogens with one attached hydrogen (secondary N) is 1. The van der Waals surface area contributed by atoms with Crippen LogP contribution in [0.2, 0.25) is 10.0 Å². The van der Waals surface area contributed by atoms with Crippen molar-refractivity contribution in [2.45, 2.75) is 88.5 Å². The molecule has 2 amide bonds. The number of carbonyl (C=O) groups excluding carboxylic acids is 3. The Balaban J connectivity index is 0.983. The summed E-state index contributed by atoms with van der Waals surface area (Å²) in [6.07, 6.45) is -0.510. The first-order valence-corrected chi connectivity index (χ1v) is 21.4. The van der Waals surface area contributed by atoms with Gasteiger partial charge in [0.2, 0.25) is 5.91 Å². The SMILES string of the molecule is N#Cc1ccc(-c2ccc(C[C@H](NC(=O)[C@@H]3Cc4cc5c(cc4CN3C(=O)OC3CCC(O)CC3)OC(c3ccc(OCc4ccc(Cl)c(Cl)c4)cc3)C(=O)C5)C(=O)O)cc2)cc1. The van der Waals surface area contributed by atoms with Crippen LogP contribution in [0.3, 0.4) is 0 Å². The number of carboxylic acid groups (broad SMARTS) is 1. The number of nitriles is 1. The molecule has 322 valence electrons. The first-order valence-electron chi connectivity index (χ1n) is 20.7. The molecule has 2 aliphatic heterocycles. The monoisotopic (exact) mass is 887 g/mol. The summed E-state index contributed by atoms with van der Waals surface area (Å²) in [6, 6.07) is 30.0. The van der Waals surface area contributed by atoms with Gasteiger partial charge in [-0.2, -0.15) is 5.26 Å². The predicted octanol–water partition coefficient (Wildman–Crippen LogP) is 8.34. The van der Waals surface area contributed by atoms with E-state index in [1.54, 1.807) is 66.7 Å². The topological polar surface area (TPSA) is 175 Å². The van der Waals surface area contributed by atoms with Crippen molar-refractivity contribution >= 4 is 47.0 Å². The highest BCUT2D eigenvalue weighted by Gasteiger charge is 2.40. The van der Waals surface area contributed by atoms with Gasteiger partial charge in [0.05, 0.1) is 34.3 Å². The molecule has 0 aromatic heterocycles. The first kappa shape index (κ1) is 43.3. The Morgan fingerprint density at radius 3 is 2.19 bits per heavy atom. The summed E-state index contributed by atoms with van der Waals surface area (Å²) in [6.45, 7) is 0.234. The van der Waals surface area contributed by atoms with Crippen LogP contribution in [-0.2, 0) is 51.5 Å². The summed E-state index contributed by atoms with van der Waals surface area (Å²) < 4.78 is 18.2. The minimum absolute atomic E-state index is 0.0184. The molecule has 0 bridgehead atoms. The number of halogens is 2. The molecule has 1 unspecified atom stereocenters. The molecule has 2 heterocycles. The zero-order valence-corrected chi connectivity index (χ0v) is 35.5. The maximum absolute atomic E-state index is 14.2. The van der Waals surface area contributed by atoms with Gasteiger partial charge in [-0.1, -0.05) is 83.9 Å². The van der Waals surface area contributed by atoms with Gasteiger partial charge in [-0.15, -0.1) is 0 Å². The molecule has 5 aromatic rings. The molecule has 3 aliphatic rings. The van der Waals surface area contributed by atoms with Crippen LogP contribution in [0.4, 0.5) is 4.79 Å². The summed E-state index contributed by atoms with van der Waals surface area (Å²) in [5.41, 5.74) is 6.53. The Morgan fingerprint density at radius 2 is 1.52 bits per heavy atom. The Morgan fingerprint density at radius 1 is 0.841 bits per heavy atom. The largest absolute Gasteiger partial charge is 0.489 e. The maximum Gasteiger partial charge on any atom is 0.411 e. The van der Waals surface area contributed by atoms with E-state index in [1.807, 2.05) is 36.4 Å². The quantitative estimate of drug-likeness (QED) is 0.117. The number of benzene rings is 5. The Hall–Kier alpha value is -6.39. The minimum Gasteiger partial charge on any atom is -0.489 e. The van der Waals surface area contributed by atoms with E-state index in [4.69, 9.17) is 42.7 Å². The highest BCUT2D eigenvalue weighted by molar-refractivity contribution is 6.42. The lowest BCUT2D eigenvalue weighted by Crippen LogP contribution is -2.56. The third-order valence-electron chi connectivity index (χ3n) is 11.8. The normalized spacial score (nSPS) is 19.7. The van der Waals surface area contributed by atoms with Gasteiger partial charge in [0.25, 0.3) is 0 Å². The van der Waals surface area contributed by atoms with Crippen molar-refractivity contribution in [3.05, 3.63) is 152 Å². The lowest BCUT2D eigenvalue weighted by atomic mass is 9.88. The van der Waals surface area contributed by atoms with Crippen LogP contribution in [0.15, 0.2) is 103 Å². The van der Waals surface area contributed by atoms with Crippen molar-refractivity contribution in [3.63, 3.8) is 0 Å². The van der Waals surface area contributed by atoms with E-state index >= 15 is 0 Å². The fourth-order valence-corrected chi connectivity index (χ4v) is 8.57. The Labute approximate surface area is 373 Å². The van der Waals surface area contributed by atoms with Crippen LogP contribution < -0.4 is 14.8 Å². The molecule has 0 saturated heterocycles. The van der Waals surface area contributed by atoms with E-state index in [0.29, 0.717) is 75.0 Å². The highest BCUT2D eigenvalue weighted by Crippen LogP contribution is 2.38. The average molecular weight is 889 g/mol. The number of ketones is 1. The molecule has 1 fully saturated rings. The average Bonchev–Trinajstić information content (AvgIpc) is 3.29. The molecular formula is C49H43Cl2N3O9. The van der Waals surface area contributed by atoms with Crippen LogP contribution in [0.25, 0.3) is 11.1 Å².